The van der Waals surface area contributed by atoms with E-state index < -0.39 is 0 Å². The first-order valence-corrected chi connectivity index (χ1v) is 6.61. The van der Waals surface area contributed by atoms with Crippen LogP contribution in [0.25, 0.3) is 0 Å². The SMILES string of the molecule is CCC(=O)N[C@@H](C)c1ccc2c(c1)CCCC2. The van der Waals surface area contributed by atoms with E-state index in [2.05, 4.69) is 30.4 Å². The Bertz CT molecular complexity index is 411. The lowest BCUT2D eigenvalue weighted by Gasteiger charge is -2.19. The number of nitrogens with one attached hydrogen (secondary N) is 1. The summed E-state index contributed by atoms with van der Waals surface area (Å²) < 4.78 is 0. The van der Waals surface area contributed by atoms with Crippen LogP contribution in [0.15, 0.2) is 18.2 Å². The molecule has 2 rings (SSSR count). The zero-order chi connectivity index (χ0) is 12.3. The van der Waals surface area contributed by atoms with E-state index >= 15 is 0 Å². The van der Waals surface area contributed by atoms with Gasteiger partial charge in [0.2, 0.25) is 5.91 Å². The number of hydrogen-bond donors (Lipinski definition) is 1. The van der Waals surface area contributed by atoms with Crippen molar-refractivity contribution < 1.29 is 4.79 Å². The molecule has 0 heterocycles. The fraction of sp³-hybridized carbons (Fsp3) is 0.533. The van der Waals surface area contributed by atoms with E-state index in [1.165, 1.54) is 42.4 Å². The molecule has 2 heteroatoms. The lowest BCUT2D eigenvalue weighted by atomic mass is 9.89. The first-order valence-electron chi connectivity index (χ1n) is 6.61. The monoisotopic (exact) mass is 231 g/mol. The van der Waals surface area contributed by atoms with Gasteiger partial charge >= 0.3 is 0 Å². The highest BCUT2D eigenvalue weighted by atomic mass is 16.1. The number of hydrogen-bond acceptors (Lipinski definition) is 1. The Kier molecular flexibility index (Phi) is 3.82. The molecule has 2 nitrogen and oxygen atoms in total. The van der Waals surface area contributed by atoms with Crippen molar-refractivity contribution in [2.45, 2.75) is 52.0 Å². The smallest absolute Gasteiger partial charge is 0.220 e. The van der Waals surface area contributed by atoms with Crippen molar-refractivity contribution in [1.82, 2.24) is 5.32 Å². The molecule has 1 atom stereocenters. The number of rotatable bonds is 3. The van der Waals surface area contributed by atoms with Crippen molar-refractivity contribution in [2.24, 2.45) is 0 Å². The second kappa shape index (κ2) is 5.35. The molecule has 1 amide bonds. The van der Waals surface area contributed by atoms with Gasteiger partial charge in [0.25, 0.3) is 0 Å². The molecular formula is C15H21NO. The predicted molar refractivity (Wildman–Crippen MR) is 69.9 cm³/mol. The fourth-order valence-corrected chi connectivity index (χ4v) is 2.45. The summed E-state index contributed by atoms with van der Waals surface area (Å²) in [5.74, 6) is 0.121. The standard InChI is InChI=1S/C15H21NO/c1-3-15(17)16-11(2)13-9-8-12-6-4-5-7-14(12)10-13/h8-11H,3-7H2,1-2H3,(H,16,17)/t11-/m0/s1. The van der Waals surface area contributed by atoms with Crippen molar-refractivity contribution in [2.75, 3.05) is 0 Å². The Labute approximate surface area is 103 Å². The van der Waals surface area contributed by atoms with Crippen LogP contribution in [0.2, 0.25) is 0 Å². The first kappa shape index (κ1) is 12.2. The lowest BCUT2D eigenvalue weighted by molar-refractivity contribution is -0.121. The van der Waals surface area contributed by atoms with Crippen LogP contribution in [0.3, 0.4) is 0 Å². The third kappa shape index (κ3) is 2.87. The van der Waals surface area contributed by atoms with Crippen LogP contribution in [0, 0.1) is 0 Å². The molecule has 1 aliphatic carbocycles. The van der Waals surface area contributed by atoms with Crippen LogP contribution < -0.4 is 5.32 Å². The molecule has 0 bridgehead atoms. The van der Waals surface area contributed by atoms with Gasteiger partial charge < -0.3 is 5.32 Å². The Morgan fingerprint density at radius 1 is 1.29 bits per heavy atom. The van der Waals surface area contributed by atoms with Gasteiger partial charge in [0.05, 0.1) is 6.04 Å². The van der Waals surface area contributed by atoms with E-state index in [4.69, 9.17) is 0 Å². The van der Waals surface area contributed by atoms with Crippen LogP contribution in [0.5, 0.6) is 0 Å². The second-order valence-corrected chi connectivity index (χ2v) is 4.88. The maximum atomic E-state index is 11.4. The summed E-state index contributed by atoms with van der Waals surface area (Å²) in [4.78, 5) is 11.4. The van der Waals surface area contributed by atoms with E-state index in [-0.39, 0.29) is 11.9 Å². The van der Waals surface area contributed by atoms with Crippen LogP contribution >= 0.6 is 0 Å². The second-order valence-electron chi connectivity index (χ2n) is 4.88. The quantitative estimate of drug-likeness (QED) is 0.850. The third-order valence-corrected chi connectivity index (χ3v) is 3.57. The van der Waals surface area contributed by atoms with Gasteiger partial charge in [-0.2, -0.15) is 0 Å². The summed E-state index contributed by atoms with van der Waals surface area (Å²) in [5, 5.41) is 3.01. The van der Waals surface area contributed by atoms with Crippen molar-refractivity contribution in [3.05, 3.63) is 34.9 Å². The van der Waals surface area contributed by atoms with Gasteiger partial charge in [-0.05, 0) is 49.3 Å². The summed E-state index contributed by atoms with van der Waals surface area (Å²) in [6.45, 7) is 3.94. The minimum Gasteiger partial charge on any atom is -0.350 e. The Morgan fingerprint density at radius 2 is 2.00 bits per heavy atom. The molecule has 1 N–H and O–H groups in total. The number of carbonyl (C=O) groups is 1. The topological polar surface area (TPSA) is 29.1 Å². The van der Waals surface area contributed by atoms with Gasteiger partial charge in [-0.15, -0.1) is 0 Å². The molecule has 1 aromatic carbocycles. The number of benzene rings is 1. The Morgan fingerprint density at radius 3 is 2.71 bits per heavy atom. The minimum atomic E-state index is 0.120. The number of amides is 1. The highest BCUT2D eigenvalue weighted by molar-refractivity contribution is 5.76. The molecule has 0 unspecified atom stereocenters. The van der Waals surface area contributed by atoms with E-state index in [0.29, 0.717) is 6.42 Å². The number of fused-ring (bicyclic) bond motifs is 1. The summed E-state index contributed by atoms with van der Waals surface area (Å²) >= 11 is 0. The first-order chi connectivity index (χ1) is 8.20. The molecule has 0 aliphatic heterocycles. The molecule has 1 aliphatic rings. The zero-order valence-corrected chi connectivity index (χ0v) is 10.8. The highest BCUT2D eigenvalue weighted by Gasteiger charge is 2.13. The van der Waals surface area contributed by atoms with E-state index in [9.17, 15) is 4.79 Å². The normalized spacial score (nSPS) is 16.1. The summed E-state index contributed by atoms with van der Waals surface area (Å²) in [6.07, 6.45) is 5.57. The summed E-state index contributed by atoms with van der Waals surface area (Å²) in [5.41, 5.74) is 4.20. The van der Waals surface area contributed by atoms with Gasteiger partial charge in [-0.25, -0.2) is 0 Å². The molecule has 0 spiro atoms. The van der Waals surface area contributed by atoms with Gasteiger partial charge in [0.15, 0.2) is 0 Å². The Balaban J connectivity index is 2.13. The van der Waals surface area contributed by atoms with Crippen LogP contribution in [0.4, 0.5) is 0 Å². The maximum Gasteiger partial charge on any atom is 0.220 e. The van der Waals surface area contributed by atoms with E-state index in [1.54, 1.807) is 0 Å². The Hall–Kier alpha value is -1.31. The number of aryl methyl sites for hydroxylation is 2. The van der Waals surface area contributed by atoms with Crippen molar-refractivity contribution >= 4 is 5.91 Å². The van der Waals surface area contributed by atoms with Gasteiger partial charge in [0, 0.05) is 6.42 Å². The van der Waals surface area contributed by atoms with Crippen molar-refractivity contribution in [1.29, 1.82) is 0 Å². The molecule has 0 fully saturated rings. The predicted octanol–water partition coefficient (Wildman–Crippen LogP) is 3.15. The lowest BCUT2D eigenvalue weighted by Crippen LogP contribution is -2.25. The maximum absolute atomic E-state index is 11.4. The van der Waals surface area contributed by atoms with Crippen LogP contribution in [-0.4, -0.2) is 5.91 Å². The fourth-order valence-electron chi connectivity index (χ4n) is 2.45. The molecule has 17 heavy (non-hydrogen) atoms. The van der Waals surface area contributed by atoms with Gasteiger partial charge in [-0.1, -0.05) is 25.1 Å². The van der Waals surface area contributed by atoms with Gasteiger partial charge in [0.1, 0.15) is 0 Å². The zero-order valence-electron chi connectivity index (χ0n) is 10.8. The van der Waals surface area contributed by atoms with Crippen molar-refractivity contribution in [3.63, 3.8) is 0 Å². The molecular weight excluding hydrogens is 210 g/mol. The molecule has 0 saturated carbocycles. The van der Waals surface area contributed by atoms with Gasteiger partial charge in [-0.3, -0.25) is 4.79 Å². The van der Waals surface area contributed by atoms with E-state index in [1.807, 2.05) is 6.92 Å². The van der Waals surface area contributed by atoms with Crippen LogP contribution in [0.1, 0.15) is 55.8 Å². The van der Waals surface area contributed by atoms with E-state index in [0.717, 1.165) is 0 Å². The molecule has 92 valence electrons. The van der Waals surface area contributed by atoms with Crippen LogP contribution in [-0.2, 0) is 17.6 Å². The third-order valence-electron chi connectivity index (χ3n) is 3.57. The average molecular weight is 231 g/mol. The highest BCUT2D eigenvalue weighted by Crippen LogP contribution is 2.24. The summed E-state index contributed by atoms with van der Waals surface area (Å²) in [7, 11) is 0. The van der Waals surface area contributed by atoms with Crippen molar-refractivity contribution in [3.8, 4) is 0 Å². The molecule has 1 aromatic rings. The molecule has 0 radical (unpaired) electrons. The molecule has 0 aromatic heterocycles. The number of carbonyl (C=O) groups excluding carboxylic acids is 1. The minimum absolute atomic E-state index is 0.120. The largest absolute Gasteiger partial charge is 0.350 e. The summed E-state index contributed by atoms with van der Waals surface area (Å²) in [6, 6.07) is 6.79. The average Bonchev–Trinajstić information content (AvgIpc) is 2.38. The molecule has 0 saturated heterocycles.